The Morgan fingerprint density at radius 1 is 1.19 bits per heavy atom. The van der Waals surface area contributed by atoms with Gasteiger partial charge in [-0.05, 0) is 40.9 Å². The Bertz CT molecular complexity index is 625. The van der Waals surface area contributed by atoms with E-state index in [1.165, 1.54) is 10.4 Å². The van der Waals surface area contributed by atoms with E-state index in [-0.39, 0.29) is 11.3 Å². The van der Waals surface area contributed by atoms with Gasteiger partial charge in [0.25, 0.3) is 0 Å². The average molecular weight is 377 g/mol. The van der Waals surface area contributed by atoms with Crippen molar-refractivity contribution >= 4 is 37.8 Å². The molecule has 0 spiro atoms. The maximum Gasteiger partial charge on any atom is 0.337 e. The summed E-state index contributed by atoms with van der Waals surface area (Å²) in [5.41, 5.74) is -0.0166. The van der Waals surface area contributed by atoms with Gasteiger partial charge in [-0.15, -0.1) is 0 Å². The van der Waals surface area contributed by atoms with Gasteiger partial charge in [0, 0.05) is 17.6 Å². The summed E-state index contributed by atoms with van der Waals surface area (Å²) >= 11 is 3.20. The number of carboxylic acid groups (broad SMARTS) is 1. The second kappa shape index (κ2) is 6.76. The first-order valence-corrected chi connectivity index (χ1v) is 8.95. The molecule has 1 heterocycles. The van der Waals surface area contributed by atoms with Crippen LogP contribution in [0.25, 0.3) is 0 Å². The van der Waals surface area contributed by atoms with E-state index in [9.17, 15) is 18.3 Å². The maximum atomic E-state index is 12.4. The first kappa shape index (κ1) is 16.3. The van der Waals surface area contributed by atoms with Gasteiger partial charge in [-0.2, -0.15) is 12.7 Å². The normalized spacial score (nSPS) is 17.2. The Hall–Kier alpha value is -1.12. The number of anilines is 1. The Kier molecular flexibility index (Phi) is 5.23. The van der Waals surface area contributed by atoms with Crippen molar-refractivity contribution < 1.29 is 18.3 Å². The summed E-state index contributed by atoms with van der Waals surface area (Å²) in [6.07, 6.45) is 3.67. The predicted molar refractivity (Wildman–Crippen MR) is 83.7 cm³/mol. The lowest BCUT2D eigenvalue weighted by Crippen LogP contribution is -2.37. The minimum absolute atomic E-state index is 0.0641. The largest absolute Gasteiger partial charge is 0.478 e. The number of carbonyl (C=O) groups is 1. The molecule has 0 bridgehead atoms. The second-order valence-corrected chi connectivity index (χ2v) is 7.41. The van der Waals surface area contributed by atoms with E-state index in [4.69, 9.17) is 0 Å². The fourth-order valence-electron chi connectivity index (χ4n) is 2.28. The number of para-hydroxylation sites is 1. The van der Waals surface area contributed by atoms with Gasteiger partial charge in [-0.25, -0.2) is 4.79 Å². The number of hydrogen-bond acceptors (Lipinski definition) is 3. The molecule has 8 heteroatoms. The number of halogens is 1. The Labute approximate surface area is 132 Å². The molecule has 2 rings (SSSR count). The molecule has 1 saturated heterocycles. The topological polar surface area (TPSA) is 86.7 Å². The quantitative estimate of drug-likeness (QED) is 0.845. The molecule has 2 N–H and O–H groups in total. The van der Waals surface area contributed by atoms with Crippen molar-refractivity contribution in [3.63, 3.8) is 0 Å². The molecule has 6 nitrogen and oxygen atoms in total. The van der Waals surface area contributed by atoms with Crippen LogP contribution < -0.4 is 4.72 Å². The fraction of sp³-hybridized carbons (Fsp3) is 0.462. The first-order chi connectivity index (χ1) is 9.92. The third-order valence-electron chi connectivity index (χ3n) is 3.38. The number of carboxylic acids is 1. The number of nitrogens with zero attached hydrogens (tertiary/aromatic N) is 1. The van der Waals surface area contributed by atoms with E-state index in [1.54, 1.807) is 12.1 Å². The van der Waals surface area contributed by atoms with Crippen LogP contribution in [-0.2, 0) is 10.2 Å². The number of nitrogens with one attached hydrogen (secondary N) is 1. The van der Waals surface area contributed by atoms with Crippen molar-refractivity contribution in [2.24, 2.45) is 0 Å². The van der Waals surface area contributed by atoms with E-state index in [0.717, 1.165) is 25.7 Å². The first-order valence-electron chi connectivity index (χ1n) is 6.71. The molecule has 0 radical (unpaired) electrons. The molecule has 1 aliphatic heterocycles. The number of benzene rings is 1. The third-order valence-corrected chi connectivity index (χ3v) is 5.55. The monoisotopic (exact) mass is 376 g/mol. The molecular formula is C13H17BrN2O4S. The minimum atomic E-state index is -3.75. The Morgan fingerprint density at radius 3 is 2.38 bits per heavy atom. The van der Waals surface area contributed by atoms with Crippen LogP contribution >= 0.6 is 15.9 Å². The molecule has 1 aliphatic rings. The lowest BCUT2D eigenvalue weighted by molar-refractivity contribution is 0.0698. The van der Waals surface area contributed by atoms with Crippen molar-refractivity contribution in [1.29, 1.82) is 0 Å². The van der Waals surface area contributed by atoms with Crippen LogP contribution in [-0.4, -0.2) is 36.9 Å². The van der Waals surface area contributed by atoms with Gasteiger partial charge in [-0.3, -0.25) is 4.72 Å². The van der Waals surface area contributed by atoms with E-state index in [1.807, 2.05) is 0 Å². The highest BCUT2D eigenvalue weighted by Crippen LogP contribution is 2.28. The van der Waals surface area contributed by atoms with Crippen molar-refractivity contribution in [3.8, 4) is 0 Å². The van der Waals surface area contributed by atoms with Crippen molar-refractivity contribution in [2.45, 2.75) is 25.7 Å². The Balaban J connectivity index is 2.30. The molecule has 21 heavy (non-hydrogen) atoms. The molecule has 1 fully saturated rings. The van der Waals surface area contributed by atoms with Crippen LogP contribution in [0.3, 0.4) is 0 Å². The highest BCUT2D eigenvalue weighted by Gasteiger charge is 2.25. The van der Waals surface area contributed by atoms with Crippen molar-refractivity contribution in [2.75, 3.05) is 17.8 Å². The zero-order valence-electron chi connectivity index (χ0n) is 11.4. The van der Waals surface area contributed by atoms with E-state index < -0.39 is 16.2 Å². The molecule has 0 unspecified atom stereocenters. The van der Waals surface area contributed by atoms with Gasteiger partial charge in [-0.1, -0.05) is 18.9 Å². The average Bonchev–Trinajstić information content (AvgIpc) is 2.70. The van der Waals surface area contributed by atoms with Crippen LogP contribution in [0.15, 0.2) is 22.7 Å². The zero-order valence-corrected chi connectivity index (χ0v) is 13.8. The number of aromatic carboxylic acids is 1. The highest BCUT2D eigenvalue weighted by molar-refractivity contribution is 9.10. The van der Waals surface area contributed by atoms with Crippen LogP contribution in [0.5, 0.6) is 0 Å². The maximum absolute atomic E-state index is 12.4. The van der Waals surface area contributed by atoms with Crippen molar-refractivity contribution in [1.82, 2.24) is 4.31 Å². The van der Waals surface area contributed by atoms with Crippen LogP contribution in [0, 0.1) is 0 Å². The van der Waals surface area contributed by atoms with Gasteiger partial charge < -0.3 is 5.11 Å². The van der Waals surface area contributed by atoms with Crippen LogP contribution in [0.4, 0.5) is 5.69 Å². The summed E-state index contributed by atoms with van der Waals surface area (Å²) < 4.78 is 29.1. The third kappa shape index (κ3) is 3.96. The van der Waals surface area contributed by atoms with Crippen LogP contribution in [0.2, 0.25) is 0 Å². The second-order valence-electron chi connectivity index (χ2n) is 4.89. The molecular weight excluding hydrogens is 360 g/mol. The summed E-state index contributed by atoms with van der Waals surface area (Å²) in [7, 11) is -3.75. The summed E-state index contributed by atoms with van der Waals surface area (Å²) in [4.78, 5) is 11.2. The van der Waals surface area contributed by atoms with Crippen LogP contribution in [0.1, 0.15) is 36.0 Å². The molecule has 116 valence electrons. The lowest BCUT2D eigenvalue weighted by atomic mass is 10.2. The molecule has 0 atom stereocenters. The molecule has 1 aromatic rings. The summed E-state index contributed by atoms with van der Waals surface area (Å²) in [5, 5.41) is 9.17. The SMILES string of the molecule is O=C(O)c1cccc(Br)c1NS(=O)(=O)N1CCCCCC1. The molecule has 0 aromatic heterocycles. The zero-order chi connectivity index (χ0) is 15.5. The van der Waals surface area contributed by atoms with Gasteiger partial charge >= 0.3 is 16.2 Å². The van der Waals surface area contributed by atoms with Gasteiger partial charge in [0.1, 0.15) is 0 Å². The van der Waals surface area contributed by atoms with Gasteiger partial charge in [0.15, 0.2) is 0 Å². The smallest absolute Gasteiger partial charge is 0.337 e. The highest BCUT2D eigenvalue weighted by atomic mass is 79.9. The summed E-state index contributed by atoms with van der Waals surface area (Å²) in [6.45, 7) is 0.921. The number of hydrogen-bond donors (Lipinski definition) is 2. The molecule has 0 aliphatic carbocycles. The standard InChI is InChI=1S/C13H17BrN2O4S/c14-11-7-5-6-10(13(17)18)12(11)15-21(19,20)16-8-3-1-2-4-9-16/h5-7,15H,1-4,8-9H2,(H,17,18). The fourth-order valence-corrected chi connectivity index (χ4v) is 4.22. The minimum Gasteiger partial charge on any atom is -0.478 e. The number of rotatable bonds is 4. The molecule has 0 amide bonds. The summed E-state index contributed by atoms with van der Waals surface area (Å²) in [5.74, 6) is -1.18. The van der Waals surface area contributed by atoms with E-state index in [0.29, 0.717) is 17.6 Å². The molecule has 0 saturated carbocycles. The lowest BCUT2D eigenvalue weighted by Gasteiger charge is -2.22. The summed E-state index contributed by atoms with van der Waals surface area (Å²) in [6, 6.07) is 4.53. The predicted octanol–water partition coefficient (Wildman–Crippen LogP) is 2.68. The van der Waals surface area contributed by atoms with Gasteiger partial charge in [0.2, 0.25) is 0 Å². The Morgan fingerprint density at radius 2 is 1.81 bits per heavy atom. The van der Waals surface area contributed by atoms with E-state index >= 15 is 0 Å². The van der Waals surface area contributed by atoms with E-state index in [2.05, 4.69) is 20.7 Å². The van der Waals surface area contributed by atoms with Crippen molar-refractivity contribution in [3.05, 3.63) is 28.2 Å². The van der Waals surface area contributed by atoms with Gasteiger partial charge in [0.05, 0.1) is 11.3 Å². The molecule has 1 aromatic carbocycles.